The molecule has 0 fully saturated rings. The Balaban J connectivity index is 2.15. The minimum atomic E-state index is -0.802. The van der Waals surface area contributed by atoms with Crippen molar-refractivity contribution in [2.24, 2.45) is 11.5 Å². The molecule has 0 bridgehead atoms. The van der Waals surface area contributed by atoms with Gasteiger partial charge < -0.3 is 16.4 Å². The lowest BCUT2D eigenvalue weighted by molar-refractivity contribution is -0.119. The molecule has 1 aliphatic rings. The predicted octanol–water partition coefficient (Wildman–Crippen LogP) is -0.502. The van der Waals surface area contributed by atoms with Crippen LogP contribution >= 0.6 is 0 Å². The molecular formula is C12H15N3O2. The van der Waals surface area contributed by atoms with E-state index in [0.29, 0.717) is 12.1 Å². The molecule has 1 heterocycles. The van der Waals surface area contributed by atoms with Crippen molar-refractivity contribution in [3.63, 3.8) is 0 Å². The van der Waals surface area contributed by atoms with E-state index < -0.39 is 11.9 Å². The third-order valence-electron chi connectivity index (χ3n) is 2.97. The van der Waals surface area contributed by atoms with Gasteiger partial charge >= 0.3 is 0 Å². The number of hydrogen-bond donors (Lipinski definition) is 2. The molecule has 0 aromatic heterocycles. The molecule has 0 aliphatic carbocycles. The number of nitrogens with zero attached hydrogens (tertiary/aromatic N) is 1. The summed E-state index contributed by atoms with van der Waals surface area (Å²) in [6.45, 7) is 0.763. The summed E-state index contributed by atoms with van der Waals surface area (Å²) in [7, 11) is 0. The van der Waals surface area contributed by atoms with Crippen molar-refractivity contribution in [3.8, 4) is 0 Å². The van der Waals surface area contributed by atoms with Gasteiger partial charge in [0.15, 0.2) is 0 Å². The molecule has 0 saturated heterocycles. The third kappa shape index (κ3) is 2.29. The molecule has 1 atom stereocenters. The number of nitrogens with two attached hydrogens (primary N) is 2. The minimum absolute atomic E-state index is 0.0800. The highest BCUT2D eigenvalue weighted by molar-refractivity contribution is 5.97. The van der Waals surface area contributed by atoms with Crippen LogP contribution in [0, 0.1) is 0 Å². The maximum atomic E-state index is 12.1. The smallest absolute Gasteiger partial charge is 0.254 e. The van der Waals surface area contributed by atoms with Crippen LogP contribution in [0.15, 0.2) is 24.3 Å². The van der Waals surface area contributed by atoms with Crippen LogP contribution in [-0.2, 0) is 11.2 Å². The molecule has 17 heavy (non-hydrogen) atoms. The van der Waals surface area contributed by atoms with Gasteiger partial charge in [0, 0.05) is 18.7 Å². The first kappa shape index (κ1) is 11.6. The fourth-order valence-corrected chi connectivity index (χ4v) is 1.98. The minimum Gasteiger partial charge on any atom is -0.368 e. The zero-order valence-corrected chi connectivity index (χ0v) is 9.43. The lowest BCUT2D eigenvalue weighted by atomic mass is 9.99. The average molecular weight is 233 g/mol. The number of fused-ring (bicyclic) bond motifs is 1. The highest BCUT2D eigenvalue weighted by atomic mass is 16.2. The zero-order valence-electron chi connectivity index (χ0n) is 9.43. The summed E-state index contributed by atoms with van der Waals surface area (Å²) in [4.78, 5) is 24.6. The highest BCUT2D eigenvalue weighted by Gasteiger charge is 2.26. The van der Waals surface area contributed by atoms with E-state index in [1.165, 1.54) is 0 Å². The van der Waals surface area contributed by atoms with Crippen molar-refractivity contribution >= 4 is 11.8 Å². The van der Waals surface area contributed by atoms with Crippen LogP contribution < -0.4 is 11.5 Å². The standard InChI is InChI=1S/C12H15N3O2/c13-10(11(14)16)7-15-6-5-8-3-1-2-4-9(8)12(15)17/h1-4,10H,5-7,13H2,(H2,14,16). The van der Waals surface area contributed by atoms with Crippen LogP contribution in [0.5, 0.6) is 0 Å². The zero-order chi connectivity index (χ0) is 12.4. The van der Waals surface area contributed by atoms with Crippen molar-refractivity contribution in [1.29, 1.82) is 0 Å². The molecule has 5 nitrogen and oxygen atoms in total. The highest BCUT2D eigenvalue weighted by Crippen LogP contribution is 2.18. The number of rotatable bonds is 3. The Morgan fingerprint density at radius 2 is 2.12 bits per heavy atom. The molecule has 0 radical (unpaired) electrons. The monoisotopic (exact) mass is 233 g/mol. The first-order valence-corrected chi connectivity index (χ1v) is 5.51. The van der Waals surface area contributed by atoms with Gasteiger partial charge in [-0.1, -0.05) is 18.2 Å². The van der Waals surface area contributed by atoms with Crippen LogP contribution in [-0.4, -0.2) is 35.8 Å². The van der Waals surface area contributed by atoms with Crippen LogP contribution in [0.2, 0.25) is 0 Å². The van der Waals surface area contributed by atoms with Crippen molar-refractivity contribution in [2.45, 2.75) is 12.5 Å². The van der Waals surface area contributed by atoms with Gasteiger partial charge in [-0.05, 0) is 18.1 Å². The predicted molar refractivity (Wildman–Crippen MR) is 63.2 cm³/mol. The van der Waals surface area contributed by atoms with Crippen LogP contribution in [0.25, 0.3) is 0 Å². The van der Waals surface area contributed by atoms with E-state index in [9.17, 15) is 9.59 Å². The molecule has 4 N–H and O–H groups in total. The Hall–Kier alpha value is -1.88. The summed E-state index contributed by atoms with van der Waals surface area (Å²) >= 11 is 0. The molecular weight excluding hydrogens is 218 g/mol. The van der Waals surface area contributed by atoms with Crippen molar-refractivity contribution in [3.05, 3.63) is 35.4 Å². The topological polar surface area (TPSA) is 89.4 Å². The number of amides is 2. The van der Waals surface area contributed by atoms with Gasteiger partial charge in [0.2, 0.25) is 5.91 Å². The summed E-state index contributed by atoms with van der Waals surface area (Å²) in [5, 5.41) is 0. The fourth-order valence-electron chi connectivity index (χ4n) is 1.98. The Morgan fingerprint density at radius 3 is 2.82 bits per heavy atom. The Labute approximate surface area is 99.4 Å². The van der Waals surface area contributed by atoms with E-state index in [2.05, 4.69) is 0 Å². The Morgan fingerprint density at radius 1 is 1.41 bits per heavy atom. The van der Waals surface area contributed by atoms with Crippen molar-refractivity contribution in [2.75, 3.05) is 13.1 Å². The number of primary amides is 1. The van der Waals surface area contributed by atoms with Gasteiger partial charge in [-0.3, -0.25) is 9.59 Å². The van der Waals surface area contributed by atoms with E-state index in [1.54, 1.807) is 11.0 Å². The third-order valence-corrected chi connectivity index (χ3v) is 2.97. The van der Waals surface area contributed by atoms with Crippen molar-refractivity contribution < 1.29 is 9.59 Å². The van der Waals surface area contributed by atoms with Crippen LogP contribution in [0.4, 0.5) is 0 Å². The second-order valence-electron chi connectivity index (χ2n) is 4.17. The van der Waals surface area contributed by atoms with E-state index >= 15 is 0 Å². The summed E-state index contributed by atoms with van der Waals surface area (Å²) in [5.41, 5.74) is 12.4. The molecule has 2 rings (SSSR count). The van der Waals surface area contributed by atoms with Gasteiger partial charge in [0.25, 0.3) is 5.91 Å². The van der Waals surface area contributed by atoms with E-state index in [-0.39, 0.29) is 12.5 Å². The van der Waals surface area contributed by atoms with Gasteiger partial charge in [0.05, 0.1) is 0 Å². The molecule has 1 aliphatic heterocycles. The van der Waals surface area contributed by atoms with E-state index in [0.717, 1.165) is 12.0 Å². The number of carbonyl (C=O) groups excluding carboxylic acids is 2. The number of carbonyl (C=O) groups is 2. The van der Waals surface area contributed by atoms with Gasteiger partial charge in [-0.15, -0.1) is 0 Å². The van der Waals surface area contributed by atoms with E-state index in [1.807, 2.05) is 18.2 Å². The molecule has 1 unspecified atom stereocenters. The second kappa shape index (κ2) is 4.55. The van der Waals surface area contributed by atoms with Gasteiger partial charge in [-0.25, -0.2) is 0 Å². The maximum Gasteiger partial charge on any atom is 0.254 e. The summed E-state index contributed by atoms with van der Waals surface area (Å²) in [6, 6.07) is 6.67. The normalized spacial score (nSPS) is 16.5. The first-order valence-electron chi connectivity index (χ1n) is 5.51. The van der Waals surface area contributed by atoms with Crippen LogP contribution in [0.3, 0.4) is 0 Å². The molecule has 0 spiro atoms. The lowest BCUT2D eigenvalue weighted by Crippen LogP contribution is -2.49. The Bertz CT molecular complexity index is 459. The number of benzene rings is 1. The largest absolute Gasteiger partial charge is 0.368 e. The summed E-state index contributed by atoms with van der Waals surface area (Å²) < 4.78 is 0. The number of hydrogen-bond acceptors (Lipinski definition) is 3. The second-order valence-corrected chi connectivity index (χ2v) is 4.17. The maximum absolute atomic E-state index is 12.1. The van der Waals surface area contributed by atoms with Crippen LogP contribution in [0.1, 0.15) is 15.9 Å². The quantitative estimate of drug-likeness (QED) is 0.737. The SMILES string of the molecule is NC(=O)C(N)CN1CCc2ccccc2C1=O. The molecule has 2 amide bonds. The molecule has 1 aromatic carbocycles. The molecule has 1 aromatic rings. The first-order chi connectivity index (χ1) is 8.09. The van der Waals surface area contributed by atoms with Gasteiger partial charge in [0.1, 0.15) is 6.04 Å². The van der Waals surface area contributed by atoms with E-state index in [4.69, 9.17) is 11.5 Å². The summed E-state index contributed by atoms with van der Waals surface area (Å²) in [6.07, 6.45) is 0.785. The summed E-state index contributed by atoms with van der Waals surface area (Å²) in [5.74, 6) is -0.666. The van der Waals surface area contributed by atoms with Crippen molar-refractivity contribution in [1.82, 2.24) is 4.90 Å². The molecule has 0 saturated carbocycles. The fraction of sp³-hybridized carbons (Fsp3) is 0.333. The molecule has 5 heteroatoms. The lowest BCUT2D eigenvalue weighted by Gasteiger charge is -2.29. The Kier molecular flexibility index (Phi) is 3.10. The van der Waals surface area contributed by atoms with Gasteiger partial charge in [-0.2, -0.15) is 0 Å². The molecule has 90 valence electrons. The average Bonchev–Trinajstić information content (AvgIpc) is 2.33.